The van der Waals surface area contributed by atoms with Crippen LogP contribution in [0.5, 0.6) is 0 Å². The molecule has 0 aliphatic rings. The number of carbonyl (C=O) groups is 1. The Morgan fingerprint density at radius 2 is 2.25 bits per heavy atom. The molecular weight excluding hydrogens is 213 g/mol. The predicted molar refractivity (Wildman–Crippen MR) is 56.5 cm³/mol. The summed E-state index contributed by atoms with van der Waals surface area (Å²) in [7, 11) is 0. The van der Waals surface area contributed by atoms with Crippen LogP contribution in [0.25, 0.3) is 11.0 Å². The van der Waals surface area contributed by atoms with Crippen molar-refractivity contribution in [3.63, 3.8) is 0 Å². The third-order valence-electron chi connectivity index (χ3n) is 2.11. The van der Waals surface area contributed by atoms with Crippen molar-refractivity contribution < 1.29 is 18.3 Å². The molecule has 0 aliphatic heterocycles. The Bertz CT molecular complexity index is 547. The van der Waals surface area contributed by atoms with Gasteiger partial charge in [0.2, 0.25) is 5.76 Å². The van der Waals surface area contributed by atoms with Crippen LogP contribution < -0.4 is 5.73 Å². The summed E-state index contributed by atoms with van der Waals surface area (Å²) in [6.45, 7) is 1.94. The number of furan rings is 1. The van der Waals surface area contributed by atoms with E-state index in [1.807, 2.05) is 0 Å². The van der Waals surface area contributed by atoms with Crippen molar-refractivity contribution in [3.8, 4) is 0 Å². The van der Waals surface area contributed by atoms with E-state index in [9.17, 15) is 9.18 Å². The van der Waals surface area contributed by atoms with E-state index < -0.39 is 11.8 Å². The van der Waals surface area contributed by atoms with Gasteiger partial charge in [-0.25, -0.2) is 9.18 Å². The molecule has 84 valence electrons. The lowest BCUT2D eigenvalue weighted by Crippen LogP contribution is -2.02. The van der Waals surface area contributed by atoms with Crippen LogP contribution in [0.15, 0.2) is 22.6 Å². The fourth-order valence-electron chi connectivity index (χ4n) is 1.43. The monoisotopic (exact) mass is 223 g/mol. The van der Waals surface area contributed by atoms with E-state index in [1.54, 1.807) is 6.92 Å². The van der Waals surface area contributed by atoms with Crippen molar-refractivity contribution in [1.29, 1.82) is 0 Å². The summed E-state index contributed by atoms with van der Waals surface area (Å²) >= 11 is 0. The number of benzene rings is 1. The zero-order valence-corrected chi connectivity index (χ0v) is 8.62. The molecule has 0 fully saturated rings. The fourth-order valence-corrected chi connectivity index (χ4v) is 1.43. The van der Waals surface area contributed by atoms with Crippen LogP contribution in [-0.2, 0) is 4.74 Å². The Labute approximate surface area is 90.8 Å². The van der Waals surface area contributed by atoms with E-state index in [0.717, 1.165) is 0 Å². The third-order valence-corrected chi connectivity index (χ3v) is 2.11. The lowest BCUT2D eigenvalue weighted by atomic mass is 10.2. The van der Waals surface area contributed by atoms with E-state index in [0.29, 0.717) is 5.39 Å². The number of halogens is 1. The van der Waals surface area contributed by atoms with Gasteiger partial charge >= 0.3 is 5.97 Å². The van der Waals surface area contributed by atoms with Gasteiger partial charge in [0, 0.05) is 23.2 Å². The topological polar surface area (TPSA) is 65.5 Å². The Morgan fingerprint density at radius 1 is 1.50 bits per heavy atom. The first kappa shape index (κ1) is 10.5. The Balaban J connectivity index is 2.51. The number of fused-ring (bicyclic) bond motifs is 1. The highest BCUT2D eigenvalue weighted by Gasteiger charge is 2.15. The molecule has 1 aromatic heterocycles. The van der Waals surface area contributed by atoms with Crippen molar-refractivity contribution in [2.24, 2.45) is 0 Å². The van der Waals surface area contributed by atoms with Gasteiger partial charge < -0.3 is 14.9 Å². The average molecular weight is 223 g/mol. The summed E-state index contributed by atoms with van der Waals surface area (Å²) in [5, 5.41) is 0.504. The second kappa shape index (κ2) is 3.84. The van der Waals surface area contributed by atoms with Crippen LogP contribution in [0.3, 0.4) is 0 Å². The smallest absolute Gasteiger partial charge is 0.374 e. The number of esters is 1. The van der Waals surface area contributed by atoms with Crippen molar-refractivity contribution in [3.05, 3.63) is 29.8 Å². The van der Waals surface area contributed by atoms with Crippen LogP contribution in [-0.4, -0.2) is 12.6 Å². The largest absolute Gasteiger partial charge is 0.460 e. The van der Waals surface area contributed by atoms with Gasteiger partial charge in [-0.15, -0.1) is 0 Å². The number of hydrogen-bond acceptors (Lipinski definition) is 4. The van der Waals surface area contributed by atoms with E-state index in [4.69, 9.17) is 14.9 Å². The van der Waals surface area contributed by atoms with Crippen molar-refractivity contribution in [1.82, 2.24) is 0 Å². The number of anilines is 1. The predicted octanol–water partition coefficient (Wildman–Crippen LogP) is 2.33. The summed E-state index contributed by atoms with van der Waals surface area (Å²) in [6.07, 6.45) is 0. The van der Waals surface area contributed by atoms with E-state index in [-0.39, 0.29) is 23.6 Å². The maximum Gasteiger partial charge on any atom is 0.374 e. The minimum Gasteiger partial charge on any atom is -0.460 e. The number of nitrogen functional groups attached to an aromatic ring is 1. The molecule has 0 saturated carbocycles. The SMILES string of the molecule is CCOC(=O)c1cc2c(N)cc(F)cc2o1. The highest BCUT2D eigenvalue weighted by Crippen LogP contribution is 2.26. The zero-order chi connectivity index (χ0) is 11.7. The molecule has 2 N–H and O–H groups in total. The van der Waals surface area contributed by atoms with Gasteiger partial charge in [-0.3, -0.25) is 0 Å². The molecule has 0 atom stereocenters. The molecule has 4 nitrogen and oxygen atoms in total. The molecule has 0 saturated heterocycles. The number of rotatable bonds is 2. The summed E-state index contributed by atoms with van der Waals surface area (Å²) in [6, 6.07) is 3.79. The summed E-state index contributed by atoms with van der Waals surface area (Å²) < 4.78 is 22.9. The van der Waals surface area contributed by atoms with Crippen molar-refractivity contribution in [2.45, 2.75) is 6.92 Å². The highest BCUT2D eigenvalue weighted by molar-refractivity contribution is 5.97. The van der Waals surface area contributed by atoms with Gasteiger partial charge in [-0.1, -0.05) is 0 Å². The lowest BCUT2D eigenvalue weighted by Gasteiger charge is -1.95. The zero-order valence-electron chi connectivity index (χ0n) is 8.62. The maximum atomic E-state index is 13.0. The first-order chi connectivity index (χ1) is 7.61. The average Bonchev–Trinajstić information content (AvgIpc) is 2.62. The van der Waals surface area contributed by atoms with Gasteiger partial charge in [0.1, 0.15) is 11.4 Å². The number of ether oxygens (including phenoxy) is 1. The summed E-state index contributed by atoms with van der Waals surface area (Å²) in [5.74, 6) is -1.07. The van der Waals surface area contributed by atoms with Crippen LogP contribution in [0, 0.1) is 5.82 Å². The Hall–Kier alpha value is -2.04. The second-order valence-corrected chi connectivity index (χ2v) is 3.24. The summed E-state index contributed by atoms with van der Waals surface area (Å²) in [5.41, 5.74) is 6.06. The lowest BCUT2D eigenvalue weighted by molar-refractivity contribution is 0.0492. The van der Waals surface area contributed by atoms with E-state index in [2.05, 4.69) is 0 Å². The molecule has 0 bridgehead atoms. The molecule has 5 heteroatoms. The third kappa shape index (κ3) is 1.71. The molecule has 2 rings (SSSR count). The molecule has 0 aliphatic carbocycles. The minimum absolute atomic E-state index is 0.0224. The van der Waals surface area contributed by atoms with Crippen molar-refractivity contribution >= 4 is 22.6 Å². The molecule has 0 radical (unpaired) electrons. The van der Waals surface area contributed by atoms with E-state index >= 15 is 0 Å². The van der Waals surface area contributed by atoms with Crippen LogP contribution in [0.4, 0.5) is 10.1 Å². The van der Waals surface area contributed by atoms with Gasteiger partial charge in [-0.2, -0.15) is 0 Å². The van der Waals surface area contributed by atoms with Gasteiger partial charge in [0.15, 0.2) is 0 Å². The maximum absolute atomic E-state index is 13.0. The number of carbonyl (C=O) groups excluding carboxylic acids is 1. The standard InChI is InChI=1S/C11H10FNO3/c1-2-15-11(14)10-5-7-8(13)3-6(12)4-9(7)16-10/h3-5H,2,13H2,1H3. The molecule has 16 heavy (non-hydrogen) atoms. The van der Waals surface area contributed by atoms with Gasteiger partial charge in [-0.05, 0) is 13.0 Å². The molecule has 0 spiro atoms. The second-order valence-electron chi connectivity index (χ2n) is 3.24. The molecule has 2 aromatic rings. The molecular formula is C11H10FNO3. The quantitative estimate of drug-likeness (QED) is 0.626. The Morgan fingerprint density at radius 3 is 2.94 bits per heavy atom. The Kier molecular flexibility index (Phi) is 2.52. The normalized spacial score (nSPS) is 10.6. The molecule has 0 amide bonds. The fraction of sp³-hybridized carbons (Fsp3) is 0.182. The van der Waals surface area contributed by atoms with Crippen molar-refractivity contribution in [2.75, 3.05) is 12.3 Å². The highest BCUT2D eigenvalue weighted by atomic mass is 19.1. The van der Waals surface area contributed by atoms with Crippen LogP contribution in [0.2, 0.25) is 0 Å². The minimum atomic E-state index is -0.585. The van der Waals surface area contributed by atoms with E-state index in [1.165, 1.54) is 18.2 Å². The van der Waals surface area contributed by atoms with Gasteiger partial charge in [0.05, 0.1) is 6.61 Å². The van der Waals surface area contributed by atoms with Gasteiger partial charge in [0.25, 0.3) is 0 Å². The molecule has 0 unspecified atom stereocenters. The van der Waals surface area contributed by atoms with Crippen LogP contribution >= 0.6 is 0 Å². The summed E-state index contributed by atoms with van der Waals surface area (Å²) in [4.78, 5) is 11.4. The first-order valence-electron chi connectivity index (χ1n) is 4.77. The first-order valence-corrected chi connectivity index (χ1v) is 4.77. The number of nitrogens with two attached hydrogens (primary N) is 1. The molecule has 1 heterocycles. The number of hydrogen-bond donors (Lipinski definition) is 1. The van der Waals surface area contributed by atoms with Crippen LogP contribution in [0.1, 0.15) is 17.5 Å². The molecule has 1 aromatic carbocycles.